The third-order valence-corrected chi connectivity index (χ3v) is 2.78. The molecule has 0 fully saturated rings. The Morgan fingerprint density at radius 3 is 2.55 bits per heavy atom. The standard InChI is InChI=1S/C15H19FN2O2/c1-3-9-17-15(20)8-10-18(12(2)19)11-13-4-6-14(16)7-5-13/h3-7H,1,8-11H2,2H3,(H,17,20). The van der Waals surface area contributed by atoms with Crippen molar-refractivity contribution in [2.75, 3.05) is 13.1 Å². The van der Waals surface area contributed by atoms with Gasteiger partial charge in [-0.2, -0.15) is 0 Å². The Balaban J connectivity index is 2.52. The summed E-state index contributed by atoms with van der Waals surface area (Å²) in [5.41, 5.74) is 0.827. The fraction of sp³-hybridized carbons (Fsp3) is 0.333. The first-order chi connectivity index (χ1) is 9.52. The van der Waals surface area contributed by atoms with E-state index < -0.39 is 0 Å². The molecule has 20 heavy (non-hydrogen) atoms. The molecule has 1 rings (SSSR count). The molecule has 4 nitrogen and oxygen atoms in total. The highest BCUT2D eigenvalue weighted by molar-refractivity contribution is 5.78. The van der Waals surface area contributed by atoms with E-state index in [1.807, 2.05) is 0 Å². The third-order valence-electron chi connectivity index (χ3n) is 2.78. The lowest BCUT2D eigenvalue weighted by Gasteiger charge is -2.20. The first-order valence-corrected chi connectivity index (χ1v) is 6.40. The SMILES string of the molecule is C=CCNC(=O)CCN(Cc1ccc(F)cc1)C(C)=O. The maximum absolute atomic E-state index is 12.8. The molecule has 0 saturated carbocycles. The number of benzene rings is 1. The van der Waals surface area contributed by atoms with Crippen molar-refractivity contribution >= 4 is 11.8 Å². The summed E-state index contributed by atoms with van der Waals surface area (Å²) in [6.45, 7) is 6.07. The van der Waals surface area contributed by atoms with Crippen LogP contribution >= 0.6 is 0 Å². The summed E-state index contributed by atoms with van der Waals surface area (Å²) in [6, 6.07) is 5.96. The van der Waals surface area contributed by atoms with E-state index in [1.165, 1.54) is 19.1 Å². The van der Waals surface area contributed by atoms with Crippen LogP contribution in [0.4, 0.5) is 4.39 Å². The normalized spacial score (nSPS) is 9.90. The van der Waals surface area contributed by atoms with E-state index in [4.69, 9.17) is 0 Å². The minimum atomic E-state index is -0.313. The number of halogens is 1. The predicted molar refractivity (Wildman–Crippen MR) is 75.3 cm³/mol. The van der Waals surface area contributed by atoms with Gasteiger partial charge in [0.05, 0.1) is 0 Å². The minimum Gasteiger partial charge on any atom is -0.353 e. The van der Waals surface area contributed by atoms with Crippen LogP contribution in [0.25, 0.3) is 0 Å². The summed E-state index contributed by atoms with van der Waals surface area (Å²) in [4.78, 5) is 24.6. The molecule has 5 heteroatoms. The molecular weight excluding hydrogens is 259 g/mol. The van der Waals surface area contributed by atoms with Crippen molar-refractivity contribution in [2.24, 2.45) is 0 Å². The lowest BCUT2D eigenvalue weighted by Crippen LogP contribution is -2.33. The Labute approximate surface area is 118 Å². The van der Waals surface area contributed by atoms with Gasteiger partial charge in [-0.1, -0.05) is 18.2 Å². The van der Waals surface area contributed by atoms with Crippen molar-refractivity contribution in [3.05, 3.63) is 48.3 Å². The maximum Gasteiger partial charge on any atom is 0.222 e. The average molecular weight is 278 g/mol. The van der Waals surface area contributed by atoms with Crippen LogP contribution < -0.4 is 5.32 Å². The van der Waals surface area contributed by atoms with Crippen LogP contribution in [0.2, 0.25) is 0 Å². The third kappa shape index (κ3) is 5.65. The van der Waals surface area contributed by atoms with Crippen LogP contribution in [0.15, 0.2) is 36.9 Å². The van der Waals surface area contributed by atoms with Crippen LogP contribution in [0.1, 0.15) is 18.9 Å². The van der Waals surface area contributed by atoms with Gasteiger partial charge in [0.25, 0.3) is 0 Å². The largest absolute Gasteiger partial charge is 0.353 e. The molecule has 0 bridgehead atoms. The summed E-state index contributed by atoms with van der Waals surface area (Å²) in [5, 5.41) is 2.65. The molecule has 0 aromatic heterocycles. The van der Waals surface area contributed by atoms with E-state index in [-0.39, 0.29) is 24.1 Å². The quantitative estimate of drug-likeness (QED) is 0.774. The number of hydrogen-bond donors (Lipinski definition) is 1. The smallest absolute Gasteiger partial charge is 0.222 e. The van der Waals surface area contributed by atoms with E-state index >= 15 is 0 Å². The number of carbonyl (C=O) groups excluding carboxylic acids is 2. The van der Waals surface area contributed by atoms with E-state index in [1.54, 1.807) is 23.1 Å². The summed E-state index contributed by atoms with van der Waals surface area (Å²) < 4.78 is 12.8. The highest BCUT2D eigenvalue weighted by Crippen LogP contribution is 2.07. The summed E-state index contributed by atoms with van der Waals surface area (Å²) in [7, 11) is 0. The Bertz CT molecular complexity index is 471. The van der Waals surface area contributed by atoms with Gasteiger partial charge in [-0.05, 0) is 17.7 Å². The summed E-state index contributed by atoms with van der Waals surface area (Å²) in [5.74, 6) is -0.562. The van der Waals surface area contributed by atoms with E-state index in [2.05, 4.69) is 11.9 Å². The monoisotopic (exact) mass is 278 g/mol. The Hall–Kier alpha value is -2.17. The first-order valence-electron chi connectivity index (χ1n) is 6.40. The zero-order chi connectivity index (χ0) is 15.0. The van der Waals surface area contributed by atoms with Gasteiger partial charge in [0.15, 0.2) is 0 Å². The topological polar surface area (TPSA) is 49.4 Å². The molecule has 1 aromatic carbocycles. The van der Waals surface area contributed by atoms with Gasteiger partial charge >= 0.3 is 0 Å². The lowest BCUT2D eigenvalue weighted by molar-refractivity contribution is -0.130. The molecule has 108 valence electrons. The summed E-state index contributed by atoms with van der Waals surface area (Å²) >= 11 is 0. The molecule has 0 aliphatic rings. The van der Waals surface area contributed by atoms with Gasteiger partial charge in [0, 0.05) is 33.0 Å². The molecule has 0 aliphatic carbocycles. The molecule has 2 amide bonds. The number of carbonyl (C=O) groups is 2. The van der Waals surface area contributed by atoms with Crippen LogP contribution in [-0.2, 0) is 16.1 Å². The Morgan fingerprint density at radius 1 is 1.35 bits per heavy atom. The zero-order valence-electron chi connectivity index (χ0n) is 11.6. The van der Waals surface area contributed by atoms with E-state index in [9.17, 15) is 14.0 Å². The maximum atomic E-state index is 12.8. The molecule has 0 unspecified atom stereocenters. The zero-order valence-corrected chi connectivity index (χ0v) is 11.6. The van der Waals surface area contributed by atoms with Crippen LogP contribution in [0, 0.1) is 5.82 Å². The van der Waals surface area contributed by atoms with Gasteiger partial charge in [-0.15, -0.1) is 6.58 Å². The molecule has 0 aliphatic heterocycles. The van der Waals surface area contributed by atoms with Gasteiger partial charge in [-0.3, -0.25) is 9.59 Å². The minimum absolute atomic E-state index is 0.120. The van der Waals surface area contributed by atoms with Gasteiger partial charge in [0.1, 0.15) is 5.82 Å². The van der Waals surface area contributed by atoms with Gasteiger partial charge in [-0.25, -0.2) is 4.39 Å². The van der Waals surface area contributed by atoms with Crippen molar-refractivity contribution < 1.29 is 14.0 Å². The highest BCUT2D eigenvalue weighted by atomic mass is 19.1. The number of nitrogens with one attached hydrogen (secondary N) is 1. The van der Waals surface area contributed by atoms with Crippen LogP contribution in [-0.4, -0.2) is 29.8 Å². The van der Waals surface area contributed by atoms with Crippen molar-refractivity contribution in [1.29, 1.82) is 0 Å². The second-order valence-electron chi connectivity index (χ2n) is 4.41. The van der Waals surface area contributed by atoms with Crippen molar-refractivity contribution in [3.8, 4) is 0 Å². The van der Waals surface area contributed by atoms with E-state index in [0.717, 1.165) is 5.56 Å². The second kappa shape index (κ2) is 8.09. The van der Waals surface area contributed by atoms with Crippen molar-refractivity contribution in [2.45, 2.75) is 19.9 Å². The lowest BCUT2D eigenvalue weighted by atomic mass is 10.2. The van der Waals surface area contributed by atoms with Crippen LogP contribution in [0.3, 0.4) is 0 Å². The van der Waals surface area contributed by atoms with Gasteiger partial charge in [0.2, 0.25) is 11.8 Å². The van der Waals surface area contributed by atoms with E-state index in [0.29, 0.717) is 19.6 Å². The molecule has 1 aromatic rings. The predicted octanol–water partition coefficient (Wildman–Crippen LogP) is 1.87. The fourth-order valence-electron chi connectivity index (χ4n) is 1.67. The average Bonchev–Trinajstić information content (AvgIpc) is 2.42. The molecular formula is C15H19FN2O2. The molecule has 0 saturated heterocycles. The molecule has 0 radical (unpaired) electrons. The molecule has 1 N–H and O–H groups in total. The highest BCUT2D eigenvalue weighted by Gasteiger charge is 2.11. The van der Waals surface area contributed by atoms with Crippen LogP contribution in [0.5, 0.6) is 0 Å². The number of nitrogens with zero attached hydrogens (tertiary/aromatic N) is 1. The Kier molecular flexibility index (Phi) is 6.43. The summed E-state index contributed by atoms with van der Waals surface area (Å²) in [6.07, 6.45) is 1.83. The molecule has 0 heterocycles. The number of hydrogen-bond acceptors (Lipinski definition) is 2. The fourth-order valence-corrected chi connectivity index (χ4v) is 1.67. The van der Waals surface area contributed by atoms with Crippen molar-refractivity contribution in [1.82, 2.24) is 10.2 Å². The second-order valence-corrected chi connectivity index (χ2v) is 4.41. The number of amides is 2. The molecule has 0 spiro atoms. The first kappa shape index (κ1) is 15.9. The molecule has 0 atom stereocenters. The van der Waals surface area contributed by atoms with Gasteiger partial charge < -0.3 is 10.2 Å². The number of rotatable bonds is 7. The van der Waals surface area contributed by atoms with Crippen molar-refractivity contribution in [3.63, 3.8) is 0 Å². The Morgan fingerprint density at radius 2 is 2.00 bits per heavy atom.